The van der Waals surface area contributed by atoms with Crippen LogP contribution >= 0.6 is 24.2 Å². The van der Waals surface area contributed by atoms with Gasteiger partial charge in [0.15, 0.2) is 0 Å². The van der Waals surface area contributed by atoms with E-state index < -0.39 is 6.10 Å². The van der Waals surface area contributed by atoms with Gasteiger partial charge in [0.2, 0.25) is 5.91 Å². The summed E-state index contributed by atoms with van der Waals surface area (Å²) in [5.74, 6) is 2.17. The average Bonchev–Trinajstić information content (AvgIpc) is 2.28. The van der Waals surface area contributed by atoms with Gasteiger partial charge in [0.1, 0.15) is 0 Å². The molecule has 1 heterocycles. The Morgan fingerprint density at radius 1 is 1.65 bits per heavy atom. The SMILES string of the molecule is CCCC(O)CNC(=O)CC1CSCCN1.Cl. The Bertz CT molecular complexity index is 214. The van der Waals surface area contributed by atoms with Crippen LogP contribution in [0.3, 0.4) is 0 Å². The minimum atomic E-state index is -0.400. The third-order valence-corrected chi connectivity index (χ3v) is 3.72. The van der Waals surface area contributed by atoms with E-state index in [2.05, 4.69) is 10.6 Å². The lowest BCUT2D eigenvalue weighted by Gasteiger charge is -2.22. The van der Waals surface area contributed by atoms with Crippen molar-refractivity contribution in [2.24, 2.45) is 0 Å². The van der Waals surface area contributed by atoms with E-state index in [-0.39, 0.29) is 18.3 Å². The van der Waals surface area contributed by atoms with Crippen LogP contribution in [0.1, 0.15) is 26.2 Å². The molecule has 0 aromatic heterocycles. The van der Waals surface area contributed by atoms with E-state index in [1.165, 1.54) is 0 Å². The zero-order chi connectivity index (χ0) is 11.8. The first-order valence-electron chi connectivity index (χ1n) is 5.98. The van der Waals surface area contributed by atoms with Gasteiger partial charge in [-0.2, -0.15) is 11.8 Å². The number of aliphatic hydroxyl groups excluding tert-OH is 1. The number of halogens is 1. The molecule has 0 aromatic carbocycles. The molecule has 0 aromatic rings. The van der Waals surface area contributed by atoms with E-state index in [1.807, 2.05) is 18.7 Å². The van der Waals surface area contributed by atoms with Gasteiger partial charge in [0, 0.05) is 37.1 Å². The molecule has 3 N–H and O–H groups in total. The fourth-order valence-corrected chi connectivity index (χ4v) is 2.66. The highest BCUT2D eigenvalue weighted by Crippen LogP contribution is 2.09. The van der Waals surface area contributed by atoms with Crippen molar-refractivity contribution in [3.8, 4) is 0 Å². The summed E-state index contributed by atoms with van der Waals surface area (Å²) in [6.07, 6.45) is 1.81. The van der Waals surface area contributed by atoms with Crippen LogP contribution in [0.25, 0.3) is 0 Å². The topological polar surface area (TPSA) is 61.4 Å². The third-order valence-electron chi connectivity index (χ3n) is 2.59. The quantitative estimate of drug-likeness (QED) is 0.674. The second-order valence-corrected chi connectivity index (χ2v) is 5.33. The summed E-state index contributed by atoms with van der Waals surface area (Å²) in [4.78, 5) is 11.5. The highest BCUT2D eigenvalue weighted by atomic mass is 35.5. The molecule has 0 bridgehead atoms. The van der Waals surface area contributed by atoms with E-state index in [0.29, 0.717) is 19.0 Å². The zero-order valence-electron chi connectivity index (χ0n) is 10.3. The predicted octanol–water partition coefficient (Wildman–Crippen LogP) is 0.780. The zero-order valence-corrected chi connectivity index (χ0v) is 11.9. The van der Waals surface area contributed by atoms with Crippen LogP contribution in [-0.2, 0) is 4.79 Å². The van der Waals surface area contributed by atoms with Gasteiger partial charge in [-0.3, -0.25) is 4.79 Å². The maximum atomic E-state index is 11.5. The van der Waals surface area contributed by atoms with Crippen molar-refractivity contribution in [2.75, 3.05) is 24.6 Å². The lowest BCUT2D eigenvalue weighted by molar-refractivity contribution is -0.121. The van der Waals surface area contributed by atoms with Crippen molar-refractivity contribution in [1.29, 1.82) is 0 Å². The summed E-state index contributed by atoms with van der Waals surface area (Å²) >= 11 is 1.89. The second-order valence-electron chi connectivity index (χ2n) is 4.18. The van der Waals surface area contributed by atoms with Crippen LogP contribution in [0.4, 0.5) is 0 Å². The molecule has 1 saturated heterocycles. The molecule has 1 rings (SSSR count). The molecule has 0 saturated carbocycles. The van der Waals surface area contributed by atoms with E-state index in [4.69, 9.17) is 0 Å². The van der Waals surface area contributed by atoms with Gasteiger partial charge in [0.25, 0.3) is 0 Å². The normalized spacial score (nSPS) is 21.4. The number of hydrogen-bond donors (Lipinski definition) is 3. The lowest BCUT2D eigenvalue weighted by atomic mass is 10.2. The van der Waals surface area contributed by atoms with Crippen LogP contribution in [-0.4, -0.2) is 47.8 Å². The largest absolute Gasteiger partial charge is 0.391 e. The monoisotopic (exact) mass is 282 g/mol. The van der Waals surface area contributed by atoms with Crippen molar-refractivity contribution in [1.82, 2.24) is 10.6 Å². The molecule has 1 aliphatic heterocycles. The first kappa shape index (κ1) is 17.0. The fourth-order valence-electron chi connectivity index (χ4n) is 1.71. The Balaban J connectivity index is 0.00000256. The number of thioether (sulfide) groups is 1. The van der Waals surface area contributed by atoms with E-state index in [1.54, 1.807) is 0 Å². The Morgan fingerprint density at radius 3 is 3.00 bits per heavy atom. The average molecular weight is 283 g/mol. The fraction of sp³-hybridized carbons (Fsp3) is 0.909. The summed E-state index contributed by atoms with van der Waals surface area (Å²) < 4.78 is 0. The minimum absolute atomic E-state index is 0. The first-order valence-corrected chi connectivity index (χ1v) is 7.13. The highest BCUT2D eigenvalue weighted by molar-refractivity contribution is 7.99. The van der Waals surface area contributed by atoms with Gasteiger partial charge >= 0.3 is 0 Å². The molecule has 0 aliphatic carbocycles. The summed E-state index contributed by atoms with van der Waals surface area (Å²) in [6.45, 7) is 3.39. The van der Waals surface area contributed by atoms with Crippen LogP contribution in [0.2, 0.25) is 0 Å². The van der Waals surface area contributed by atoms with Crippen molar-refractivity contribution in [2.45, 2.75) is 38.3 Å². The van der Waals surface area contributed by atoms with Crippen molar-refractivity contribution >= 4 is 30.1 Å². The molecule has 17 heavy (non-hydrogen) atoms. The number of hydrogen-bond acceptors (Lipinski definition) is 4. The molecule has 4 nitrogen and oxygen atoms in total. The maximum absolute atomic E-state index is 11.5. The molecule has 1 amide bonds. The molecule has 0 radical (unpaired) electrons. The van der Waals surface area contributed by atoms with E-state index >= 15 is 0 Å². The summed E-state index contributed by atoms with van der Waals surface area (Å²) in [5.41, 5.74) is 0. The molecule has 2 unspecified atom stereocenters. The van der Waals surface area contributed by atoms with Crippen LogP contribution in [0, 0.1) is 0 Å². The molecular formula is C11H23ClN2O2S. The molecule has 102 valence electrons. The number of carbonyl (C=O) groups is 1. The van der Waals surface area contributed by atoms with Gasteiger partial charge in [-0.25, -0.2) is 0 Å². The Morgan fingerprint density at radius 2 is 2.41 bits per heavy atom. The van der Waals surface area contributed by atoms with Gasteiger partial charge in [-0.15, -0.1) is 12.4 Å². The van der Waals surface area contributed by atoms with Gasteiger partial charge < -0.3 is 15.7 Å². The second kappa shape index (κ2) is 10.00. The molecule has 0 spiro atoms. The number of aliphatic hydroxyl groups is 1. The van der Waals surface area contributed by atoms with Crippen LogP contribution < -0.4 is 10.6 Å². The van der Waals surface area contributed by atoms with Gasteiger partial charge in [-0.1, -0.05) is 13.3 Å². The smallest absolute Gasteiger partial charge is 0.221 e. The number of carbonyl (C=O) groups excluding carboxylic acids is 1. The Kier molecular flexibility index (Phi) is 10.0. The molecule has 1 fully saturated rings. The third kappa shape index (κ3) is 7.86. The summed E-state index contributed by atoms with van der Waals surface area (Å²) in [6, 6.07) is 0.294. The number of amides is 1. The predicted molar refractivity (Wildman–Crippen MR) is 74.9 cm³/mol. The maximum Gasteiger partial charge on any atom is 0.221 e. The summed E-state index contributed by atoms with van der Waals surface area (Å²) in [7, 11) is 0. The van der Waals surface area contributed by atoms with Crippen LogP contribution in [0.5, 0.6) is 0 Å². The molecular weight excluding hydrogens is 260 g/mol. The van der Waals surface area contributed by atoms with Crippen molar-refractivity contribution in [3.63, 3.8) is 0 Å². The number of rotatable bonds is 6. The Labute approximate surface area is 114 Å². The van der Waals surface area contributed by atoms with Gasteiger partial charge in [-0.05, 0) is 6.42 Å². The van der Waals surface area contributed by atoms with Crippen LogP contribution in [0.15, 0.2) is 0 Å². The standard InChI is InChI=1S/C11H22N2O2S.ClH/c1-2-3-10(14)7-13-11(15)6-9-8-16-5-4-12-9;/h9-10,12,14H,2-8H2,1H3,(H,13,15);1H. The first-order chi connectivity index (χ1) is 7.72. The molecule has 1 aliphatic rings. The van der Waals surface area contributed by atoms with Crippen molar-refractivity contribution in [3.05, 3.63) is 0 Å². The van der Waals surface area contributed by atoms with Gasteiger partial charge in [0.05, 0.1) is 6.10 Å². The number of nitrogens with one attached hydrogen (secondary N) is 2. The minimum Gasteiger partial charge on any atom is -0.391 e. The van der Waals surface area contributed by atoms with E-state index in [9.17, 15) is 9.90 Å². The van der Waals surface area contributed by atoms with Crippen molar-refractivity contribution < 1.29 is 9.90 Å². The molecule has 6 heteroatoms. The Hall–Kier alpha value is 0.0300. The molecule has 2 atom stereocenters. The van der Waals surface area contributed by atoms with E-state index in [0.717, 1.165) is 30.9 Å². The highest BCUT2D eigenvalue weighted by Gasteiger charge is 2.16. The summed E-state index contributed by atoms with van der Waals surface area (Å²) in [5, 5.41) is 15.6. The lowest BCUT2D eigenvalue weighted by Crippen LogP contribution is -2.42.